The van der Waals surface area contributed by atoms with E-state index in [0.29, 0.717) is 6.61 Å². The number of rotatable bonds is 7. The number of hydrogen-bond acceptors (Lipinski definition) is 8. The Labute approximate surface area is 157 Å². The molecule has 1 saturated heterocycles. The minimum Gasteiger partial charge on any atom is -0.390 e. The minimum atomic E-state index is -0.825. The lowest BCUT2D eigenvalue weighted by Crippen LogP contribution is -2.35. The molecule has 0 bridgehead atoms. The van der Waals surface area contributed by atoms with Gasteiger partial charge < -0.3 is 24.9 Å². The number of carbonyl (C=O) groups is 1. The van der Waals surface area contributed by atoms with E-state index >= 15 is 0 Å². The Morgan fingerprint density at radius 3 is 2.93 bits per heavy atom. The van der Waals surface area contributed by atoms with Crippen LogP contribution in [0.25, 0.3) is 11.2 Å². The van der Waals surface area contributed by atoms with E-state index < -0.39 is 34.6 Å². The summed E-state index contributed by atoms with van der Waals surface area (Å²) in [7, 11) is 1.22. The van der Waals surface area contributed by atoms with Crippen molar-refractivity contribution in [3.05, 3.63) is 31.0 Å². The summed E-state index contributed by atoms with van der Waals surface area (Å²) in [4.78, 5) is 52.5. The first-order valence-electron chi connectivity index (χ1n) is 8.72. The number of fused-ring (bicyclic) bond motifs is 1. The fraction of sp³-hybridized carbons (Fsp3) is 0.600. The van der Waals surface area contributed by atoms with Gasteiger partial charge >= 0.3 is 11.6 Å². The van der Waals surface area contributed by atoms with E-state index in [0.717, 1.165) is 28.4 Å². The van der Waals surface area contributed by atoms with Crippen molar-refractivity contribution in [2.45, 2.75) is 32.1 Å². The van der Waals surface area contributed by atoms with Gasteiger partial charge in [-0.3, -0.25) is 19.1 Å². The van der Waals surface area contributed by atoms with Gasteiger partial charge in [-0.1, -0.05) is 0 Å². The van der Waals surface area contributed by atoms with Gasteiger partial charge in [0.2, 0.25) is 5.52 Å². The van der Waals surface area contributed by atoms with Crippen molar-refractivity contribution in [2.24, 2.45) is 7.05 Å². The summed E-state index contributed by atoms with van der Waals surface area (Å²) in [5, 5.41) is 13.8. The van der Waals surface area contributed by atoms with Crippen LogP contribution >= 0.6 is 0 Å². The van der Waals surface area contributed by atoms with E-state index in [1.807, 2.05) is 0 Å². The SMILES string of the molecule is Cn1c(=O)[nH]c2nc([N+](=O)[O-])n(CC(=O)NCCOC3CCCCO3)c2c1=O. The number of H-pyrrole nitrogens is 1. The zero-order chi connectivity index (χ0) is 20.3. The van der Waals surface area contributed by atoms with Gasteiger partial charge in [-0.15, -0.1) is 0 Å². The molecule has 1 fully saturated rings. The zero-order valence-electron chi connectivity index (χ0n) is 15.2. The third-order valence-corrected chi connectivity index (χ3v) is 4.32. The van der Waals surface area contributed by atoms with Crippen LogP contribution < -0.4 is 16.6 Å². The molecule has 13 heteroatoms. The fourth-order valence-electron chi connectivity index (χ4n) is 2.89. The molecule has 3 heterocycles. The average Bonchev–Trinajstić information content (AvgIpc) is 3.02. The Bertz CT molecular complexity index is 1000. The molecule has 28 heavy (non-hydrogen) atoms. The van der Waals surface area contributed by atoms with Crippen molar-refractivity contribution in [3.8, 4) is 0 Å². The molecule has 1 atom stereocenters. The highest BCUT2D eigenvalue weighted by Gasteiger charge is 2.28. The summed E-state index contributed by atoms with van der Waals surface area (Å²) < 4.78 is 12.5. The summed E-state index contributed by atoms with van der Waals surface area (Å²) >= 11 is 0. The Kier molecular flexibility index (Phi) is 5.84. The Morgan fingerprint density at radius 1 is 1.46 bits per heavy atom. The number of hydrogen-bond donors (Lipinski definition) is 2. The van der Waals surface area contributed by atoms with E-state index in [-0.39, 0.29) is 30.6 Å². The lowest BCUT2D eigenvalue weighted by Gasteiger charge is -2.22. The van der Waals surface area contributed by atoms with Crippen LogP contribution in [0.3, 0.4) is 0 Å². The number of ether oxygens (including phenoxy) is 2. The van der Waals surface area contributed by atoms with Gasteiger partial charge in [0, 0.05) is 20.2 Å². The first kappa shape index (κ1) is 19.7. The molecule has 0 saturated carbocycles. The number of imidazole rings is 1. The Morgan fingerprint density at radius 2 is 2.25 bits per heavy atom. The maximum absolute atomic E-state index is 12.3. The predicted octanol–water partition coefficient (Wildman–Crippen LogP) is -1.01. The highest BCUT2D eigenvalue weighted by atomic mass is 16.7. The van der Waals surface area contributed by atoms with Crippen LogP contribution in [-0.2, 0) is 27.9 Å². The molecule has 0 radical (unpaired) electrons. The van der Waals surface area contributed by atoms with Crippen molar-refractivity contribution in [2.75, 3.05) is 19.8 Å². The normalized spacial score (nSPS) is 17.0. The summed E-state index contributed by atoms with van der Waals surface area (Å²) in [6.07, 6.45) is 2.52. The highest BCUT2D eigenvalue weighted by Crippen LogP contribution is 2.16. The molecule has 1 aliphatic rings. The smallest absolute Gasteiger partial charge is 0.390 e. The van der Waals surface area contributed by atoms with Crippen LogP contribution in [0.5, 0.6) is 0 Å². The molecule has 2 N–H and O–H groups in total. The molecular formula is C15H20N6O7. The molecule has 1 unspecified atom stereocenters. The van der Waals surface area contributed by atoms with E-state index in [1.165, 1.54) is 7.05 Å². The molecule has 0 aliphatic carbocycles. The van der Waals surface area contributed by atoms with Gasteiger partial charge in [0.05, 0.1) is 6.61 Å². The van der Waals surface area contributed by atoms with Crippen LogP contribution in [0, 0.1) is 10.1 Å². The molecule has 1 aliphatic heterocycles. The highest BCUT2D eigenvalue weighted by molar-refractivity contribution is 5.80. The fourth-order valence-corrected chi connectivity index (χ4v) is 2.89. The minimum absolute atomic E-state index is 0.175. The number of aromatic amines is 1. The molecular weight excluding hydrogens is 376 g/mol. The van der Waals surface area contributed by atoms with Crippen LogP contribution in [0.1, 0.15) is 19.3 Å². The van der Waals surface area contributed by atoms with Crippen molar-refractivity contribution in [1.82, 2.24) is 24.4 Å². The largest absolute Gasteiger partial charge is 0.437 e. The van der Waals surface area contributed by atoms with Gasteiger partial charge in [-0.05, 0) is 29.2 Å². The molecule has 13 nitrogen and oxygen atoms in total. The zero-order valence-corrected chi connectivity index (χ0v) is 15.2. The molecule has 2 aromatic rings. The number of nitro groups is 1. The van der Waals surface area contributed by atoms with Gasteiger partial charge in [0.15, 0.2) is 12.8 Å². The summed E-state index contributed by atoms with van der Waals surface area (Å²) in [6.45, 7) is 0.533. The van der Waals surface area contributed by atoms with Gasteiger partial charge in [0.25, 0.3) is 17.1 Å². The number of amides is 1. The number of nitrogens with zero attached hydrogens (tertiary/aromatic N) is 4. The van der Waals surface area contributed by atoms with Crippen molar-refractivity contribution >= 4 is 23.0 Å². The van der Waals surface area contributed by atoms with Crippen LogP contribution in [-0.4, -0.2) is 56.0 Å². The van der Waals surface area contributed by atoms with E-state index in [4.69, 9.17) is 9.47 Å². The maximum Gasteiger partial charge on any atom is 0.437 e. The van der Waals surface area contributed by atoms with E-state index in [9.17, 15) is 24.5 Å². The lowest BCUT2D eigenvalue weighted by molar-refractivity contribution is -0.396. The van der Waals surface area contributed by atoms with Crippen molar-refractivity contribution < 1.29 is 19.2 Å². The van der Waals surface area contributed by atoms with Crippen LogP contribution in [0.4, 0.5) is 5.95 Å². The lowest BCUT2D eigenvalue weighted by atomic mass is 10.2. The molecule has 3 rings (SSSR count). The van der Waals surface area contributed by atoms with E-state index in [2.05, 4.69) is 15.3 Å². The summed E-state index contributed by atoms with van der Waals surface area (Å²) in [5.41, 5.74) is -2.02. The Balaban J connectivity index is 1.70. The molecule has 0 spiro atoms. The molecule has 1 amide bonds. The van der Waals surface area contributed by atoms with Gasteiger partial charge in [0.1, 0.15) is 0 Å². The van der Waals surface area contributed by atoms with E-state index in [1.54, 1.807) is 0 Å². The molecule has 0 aromatic carbocycles. The number of carbonyl (C=O) groups excluding carboxylic acids is 1. The predicted molar refractivity (Wildman–Crippen MR) is 94.8 cm³/mol. The average molecular weight is 396 g/mol. The second kappa shape index (κ2) is 8.31. The Hall–Kier alpha value is -3.06. The second-order valence-corrected chi connectivity index (χ2v) is 6.26. The summed E-state index contributed by atoms with van der Waals surface area (Å²) in [5.74, 6) is -1.28. The van der Waals surface area contributed by atoms with Crippen molar-refractivity contribution in [1.29, 1.82) is 0 Å². The third kappa shape index (κ3) is 4.09. The van der Waals surface area contributed by atoms with Gasteiger partial charge in [-0.25, -0.2) is 9.36 Å². The van der Waals surface area contributed by atoms with Crippen molar-refractivity contribution in [3.63, 3.8) is 0 Å². The third-order valence-electron chi connectivity index (χ3n) is 4.32. The second-order valence-electron chi connectivity index (χ2n) is 6.26. The summed E-state index contributed by atoms with van der Waals surface area (Å²) in [6, 6.07) is 0. The van der Waals surface area contributed by atoms with Crippen LogP contribution in [0.2, 0.25) is 0 Å². The topological polar surface area (TPSA) is 163 Å². The first-order chi connectivity index (χ1) is 13.4. The molecule has 2 aromatic heterocycles. The van der Waals surface area contributed by atoms with Crippen LogP contribution in [0.15, 0.2) is 9.59 Å². The monoisotopic (exact) mass is 396 g/mol. The quantitative estimate of drug-likeness (QED) is 0.341. The standard InChI is InChI=1S/C15H20N6O7/c1-19-13(23)11-12(18-15(19)24)17-14(21(25)26)20(11)8-9(22)16-5-7-28-10-4-2-3-6-27-10/h10H,2-8H2,1H3,(H,16,22)(H,18,24). The van der Waals surface area contributed by atoms with Gasteiger partial charge in [-0.2, -0.15) is 0 Å². The molecule has 152 valence electrons. The first-order valence-corrected chi connectivity index (χ1v) is 8.72. The number of nitrogens with one attached hydrogen (secondary N) is 2. The maximum atomic E-state index is 12.3. The number of aromatic nitrogens is 4.